The Morgan fingerprint density at radius 1 is 1.18 bits per heavy atom. The van der Waals surface area contributed by atoms with Crippen LogP contribution in [0, 0.1) is 12.8 Å². The van der Waals surface area contributed by atoms with Crippen LogP contribution in [0.15, 0.2) is 48.6 Å². The van der Waals surface area contributed by atoms with Gasteiger partial charge < -0.3 is 26.2 Å². The van der Waals surface area contributed by atoms with Crippen molar-refractivity contribution in [2.24, 2.45) is 16.6 Å². The van der Waals surface area contributed by atoms with E-state index < -0.39 is 12.7 Å². The first-order valence-electron chi connectivity index (χ1n) is 16.2. The van der Waals surface area contributed by atoms with Gasteiger partial charge in [0.2, 0.25) is 0 Å². The molecule has 50 heavy (non-hydrogen) atoms. The number of rotatable bonds is 13. The number of halogens is 4. The van der Waals surface area contributed by atoms with E-state index in [2.05, 4.69) is 66.1 Å². The second-order valence-electron chi connectivity index (χ2n) is 10.9. The fraction of sp³-hybridized carbons (Fsp3) is 0.459. The lowest BCUT2D eigenvalue weighted by Gasteiger charge is -2.23. The fourth-order valence-electron chi connectivity index (χ4n) is 5.20. The number of nitrogens with two attached hydrogens (primary N) is 1. The average Bonchev–Trinajstić information content (AvgIpc) is 3.98. The first-order chi connectivity index (χ1) is 24.0. The van der Waals surface area contributed by atoms with E-state index in [9.17, 15) is 18.0 Å². The van der Waals surface area contributed by atoms with Crippen LogP contribution in [0.1, 0.15) is 91.2 Å². The summed E-state index contributed by atoms with van der Waals surface area (Å²) in [7, 11) is 5.90. The minimum atomic E-state index is -2.71. The number of aliphatic hydroxyl groups is 1. The smallest absolute Gasteiger partial charge is 0.281 e. The van der Waals surface area contributed by atoms with Crippen LogP contribution in [0.4, 0.5) is 24.5 Å². The maximum absolute atomic E-state index is 13.3. The third-order valence-corrected chi connectivity index (χ3v) is 8.21. The van der Waals surface area contributed by atoms with E-state index in [0.717, 1.165) is 31.3 Å². The first kappa shape index (κ1) is 46.2. The standard InChI is InChI=1S/C22H28ClF2N3.C11H13FN2O2.C2H4.CH5N.CH4O/c1-5-12(2)16-10-18(17(11-26-4)14-6-7-14)28-20(13(16)3)15-8-9-27-21(19(15)23)22(24)25;1-7(12)14-9-4-8(6-15)5-10(16-3)11(9)13-2;3*1-2/h8-10,12,14,17,22,26H,5-7,11H2,1-4H3;4-7,14H,2H2,1,3H3;1-2H2;2H2,1H3;2H,1H3. The number of likely N-dealkylation sites (N-methyl/N-ethyl adjacent to an activating group) is 1. The second-order valence-corrected chi connectivity index (χ2v) is 11.3. The highest BCUT2D eigenvalue weighted by molar-refractivity contribution is 6.34. The molecule has 5 N–H and O–H groups in total. The van der Waals surface area contributed by atoms with Crippen LogP contribution in [0.3, 0.4) is 0 Å². The summed E-state index contributed by atoms with van der Waals surface area (Å²) in [4.78, 5) is 23.2. The van der Waals surface area contributed by atoms with Crippen LogP contribution >= 0.6 is 11.6 Å². The number of nitrogens with zero attached hydrogens (tertiary/aromatic N) is 3. The van der Waals surface area contributed by atoms with Crippen LogP contribution in [0.25, 0.3) is 11.3 Å². The Hall–Kier alpha value is -3.84. The Kier molecular flexibility index (Phi) is 22.5. The maximum Gasteiger partial charge on any atom is 0.281 e. The number of alkyl halides is 3. The molecule has 1 fully saturated rings. The minimum absolute atomic E-state index is 0.00283. The number of benzene rings is 1. The molecule has 1 aliphatic rings. The van der Waals surface area contributed by atoms with E-state index in [1.807, 2.05) is 14.0 Å². The summed E-state index contributed by atoms with van der Waals surface area (Å²) in [6.45, 7) is 17.9. The molecule has 0 spiro atoms. The molecule has 3 atom stereocenters. The number of aromatic nitrogens is 2. The third kappa shape index (κ3) is 12.8. The van der Waals surface area contributed by atoms with Crippen LogP contribution < -0.4 is 21.1 Å². The first-order valence-corrected chi connectivity index (χ1v) is 16.5. The minimum Gasteiger partial charge on any atom is -0.494 e. The molecule has 3 aromatic rings. The molecule has 0 aliphatic heterocycles. The number of aldehydes is 1. The predicted octanol–water partition coefficient (Wildman–Crippen LogP) is 8.82. The lowest BCUT2D eigenvalue weighted by Crippen LogP contribution is -2.20. The Morgan fingerprint density at radius 2 is 1.80 bits per heavy atom. The van der Waals surface area contributed by atoms with Gasteiger partial charge in [-0.2, -0.15) is 0 Å². The monoisotopic (exact) mass is 722 g/mol. The summed E-state index contributed by atoms with van der Waals surface area (Å²) in [5.41, 5.74) is 9.75. The van der Waals surface area contributed by atoms with Gasteiger partial charge in [0.05, 0.1) is 23.5 Å². The third-order valence-electron chi connectivity index (χ3n) is 7.81. The van der Waals surface area contributed by atoms with E-state index in [4.69, 9.17) is 26.4 Å². The SMILES string of the molecule is C=C.C=Nc1c(NC(C)F)cc(C=O)cc1OC.CCC(C)c1cc(C(CNC)C2CC2)nc(-c2ccnc(C(F)F)c2Cl)c1C.CN.CO. The molecule has 1 aromatic carbocycles. The molecule has 278 valence electrons. The Morgan fingerprint density at radius 3 is 2.26 bits per heavy atom. The van der Waals surface area contributed by atoms with Crippen molar-refractivity contribution >= 4 is 36.0 Å². The van der Waals surface area contributed by atoms with Crippen LogP contribution in [-0.4, -0.2) is 69.2 Å². The summed E-state index contributed by atoms with van der Waals surface area (Å²) >= 11 is 6.35. The van der Waals surface area contributed by atoms with Crippen molar-refractivity contribution < 1.29 is 27.8 Å². The van der Waals surface area contributed by atoms with E-state index >= 15 is 0 Å². The Bertz CT molecular complexity index is 1470. The number of hydrogen-bond acceptors (Lipinski definition) is 9. The van der Waals surface area contributed by atoms with Gasteiger partial charge in [-0.3, -0.25) is 19.8 Å². The molecule has 4 rings (SSSR count). The molecule has 2 aromatic heterocycles. The molecule has 9 nitrogen and oxygen atoms in total. The molecular formula is C37H54ClF3N6O3. The number of anilines is 1. The van der Waals surface area contributed by atoms with Gasteiger partial charge in [-0.15, -0.1) is 13.2 Å². The van der Waals surface area contributed by atoms with Gasteiger partial charge >= 0.3 is 0 Å². The van der Waals surface area contributed by atoms with Gasteiger partial charge in [0.25, 0.3) is 6.43 Å². The Labute approximate surface area is 300 Å². The molecule has 2 heterocycles. The predicted molar refractivity (Wildman–Crippen MR) is 202 cm³/mol. The number of pyridine rings is 2. The zero-order valence-corrected chi connectivity index (χ0v) is 31.3. The zero-order valence-electron chi connectivity index (χ0n) is 30.5. The van der Waals surface area contributed by atoms with Crippen molar-refractivity contribution in [1.82, 2.24) is 15.3 Å². The normalized spacial score (nSPS) is 13.3. The average molecular weight is 723 g/mol. The molecule has 0 amide bonds. The van der Waals surface area contributed by atoms with Gasteiger partial charge in [-0.05, 0) is 101 Å². The number of hydrogen-bond donors (Lipinski definition) is 4. The van der Waals surface area contributed by atoms with Crippen LogP contribution in [0.2, 0.25) is 5.02 Å². The van der Waals surface area contributed by atoms with Gasteiger partial charge in [0.1, 0.15) is 23.4 Å². The lowest BCUT2D eigenvalue weighted by molar-refractivity contribution is 0.112. The van der Waals surface area contributed by atoms with Crippen molar-refractivity contribution in [3.8, 4) is 17.0 Å². The van der Waals surface area contributed by atoms with E-state index in [-0.39, 0.29) is 10.7 Å². The molecule has 1 aliphatic carbocycles. The zero-order chi connectivity index (χ0) is 38.6. The van der Waals surface area contributed by atoms with Gasteiger partial charge in [0.15, 0.2) is 6.30 Å². The van der Waals surface area contributed by atoms with E-state index in [1.165, 1.54) is 57.8 Å². The van der Waals surface area contributed by atoms with Crippen molar-refractivity contribution in [2.45, 2.75) is 71.5 Å². The number of ether oxygens (including phenoxy) is 1. The van der Waals surface area contributed by atoms with Crippen molar-refractivity contribution in [3.05, 3.63) is 76.7 Å². The molecular weight excluding hydrogens is 669 g/mol. The molecule has 0 bridgehead atoms. The number of nitrogens with one attached hydrogen (secondary N) is 2. The molecule has 0 radical (unpaired) electrons. The van der Waals surface area contributed by atoms with E-state index in [1.54, 1.807) is 6.07 Å². The highest BCUT2D eigenvalue weighted by Crippen LogP contribution is 2.44. The van der Waals surface area contributed by atoms with Crippen LogP contribution in [0.5, 0.6) is 5.75 Å². The summed E-state index contributed by atoms with van der Waals surface area (Å²) in [5, 5.41) is 12.8. The van der Waals surface area contributed by atoms with Gasteiger partial charge in [-0.1, -0.05) is 25.4 Å². The fourth-order valence-corrected chi connectivity index (χ4v) is 5.48. The quantitative estimate of drug-likeness (QED) is 0.0595. The summed E-state index contributed by atoms with van der Waals surface area (Å²) in [5.74, 6) is 1.68. The number of methoxy groups -OCH3 is 1. The summed E-state index contributed by atoms with van der Waals surface area (Å²) in [6, 6.07) is 6.93. The lowest BCUT2D eigenvalue weighted by atomic mass is 9.88. The summed E-state index contributed by atoms with van der Waals surface area (Å²) in [6.07, 6.45) is 1.49. The number of carbonyl (C=O) groups excluding carboxylic acids is 1. The maximum atomic E-state index is 13.3. The summed E-state index contributed by atoms with van der Waals surface area (Å²) < 4.78 is 44.6. The van der Waals surface area contributed by atoms with E-state index in [0.29, 0.717) is 58.0 Å². The largest absolute Gasteiger partial charge is 0.494 e. The molecule has 1 saturated carbocycles. The highest BCUT2D eigenvalue weighted by Gasteiger charge is 2.34. The molecule has 13 heteroatoms. The number of carbonyl (C=O) groups is 1. The topological polar surface area (TPSA) is 135 Å². The highest BCUT2D eigenvalue weighted by atomic mass is 35.5. The van der Waals surface area contributed by atoms with Crippen LogP contribution in [-0.2, 0) is 0 Å². The Balaban J connectivity index is 0.000000929. The van der Waals surface area contributed by atoms with Gasteiger partial charge in [0, 0.05) is 42.6 Å². The van der Waals surface area contributed by atoms with Gasteiger partial charge in [-0.25, -0.2) is 13.2 Å². The number of aliphatic hydroxyl groups excluding tert-OH is 1. The molecule has 0 saturated heterocycles. The molecule has 3 unspecified atom stereocenters. The number of aliphatic imine (C=N–C) groups is 1. The second kappa shape index (κ2) is 24.3. The van der Waals surface area contributed by atoms with Crippen molar-refractivity contribution in [2.75, 3.05) is 40.2 Å². The van der Waals surface area contributed by atoms with Crippen molar-refractivity contribution in [1.29, 1.82) is 0 Å². The van der Waals surface area contributed by atoms with Crippen molar-refractivity contribution in [3.63, 3.8) is 0 Å².